The molecule has 18 heavy (non-hydrogen) atoms. The van der Waals surface area contributed by atoms with Crippen LogP contribution in [0.15, 0.2) is 12.3 Å². The van der Waals surface area contributed by atoms with E-state index in [-0.39, 0.29) is 18.5 Å². The molecule has 0 aliphatic rings. The predicted octanol–water partition coefficient (Wildman–Crippen LogP) is 0.716. The van der Waals surface area contributed by atoms with Gasteiger partial charge in [-0.15, -0.1) is 0 Å². The number of carboxylic acid groups (broad SMARTS) is 2. The van der Waals surface area contributed by atoms with Gasteiger partial charge in [0.25, 0.3) is 5.91 Å². The van der Waals surface area contributed by atoms with Crippen LogP contribution in [0.5, 0.6) is 0 Å². The van der Waals surface area contributed by atoms with E-state index in [0.29, 0.717) is 5.02 Å². The summed E-state index contributed by atoms with van der Waals surface area (Å²) in [6, 6.07) is 0.0863. The quantitative estimate of drug-likeness (QED) is 0.609. The summed E-state index contributed by atoms with van der Waals surface area (Å²) in [4.78, 5) is 35.4. The van der Waals surface area contributed by atoms with Crippen molar-refractivity contribution in [3.05, 3.63) is 23.0 Å². The molecule has 1 rings (SSSR count). The lowest BCUT2D eigenvalue weighted by molar-refractivity contribution is -0.140. The molecule has 8 heteroatoms. The second kappa shape index (κ2) is 6.06. The lowest BCUT2D eigenvalue weighted by atomic mass is 10.1. The minimum Gasteiger partial charge on any atom is -0.481 e. The maximum atomic E-state index is 11.6. The van der Waals surface area contributed by atoms with Crippen LogP contribution in [0.25, 0.3) is 0 Å². The van der Waals surface area contributed by atoms with E-state index >= 15 is 0 Å². The van der Waals surface area contributed by atoms with Crippen molar-refractivity contribution < 1.29 is 24.6 Å². The predicted molar refractivity (Wildman–Crippen MR) is 61.6 cm³/mol. The van der Waals surface area contributed by atoms with Gasteiger partial charge in [-0.2, -0.15) is 0 Å². The first-order valence-electron chi connectivity index (χ1n) is 4.99. The van der Waals surface area contributed by atoms with Gasteiger partial charge in [0, 0.05) is 12.6 Å². The molecule has 0 aromatic carbocycles. The first-order valence-corrected chi connectivity index (χ1v) is 5.37. The second-order valence-corrected chi connectivity index (χ2v) is 3.96. The van der Waals surface area contributed by atoms with Crippen molar-refractivity contribution in [2.24, 2.45) is 0 Å². The average molecular weight is 275 g/mol. The standard InChI is InChI=1S/C10H11ClN2O5/c11-5-3-7(12-4-5)9(16)13-6(10(17)18)1-2-8(14)15/h3-4,6,12H,1-2H2,(H,13,16)(H,14,15)(H,17,18). The molecule has 4 N–H and O–H groups in total. The van der Waals surface area contributed by atoms with Gasteiger partial charge in [-0.25, -0.2) is 4.79 Å². The van der Waals surface area contributed by atoms with E-state index in [1.807, 2.05) is 0 Å². The molecule has 0 aliphatic heterocycles. The van der Waals surface area contributed by atoms with E-state index in [1.54, 1.807) is 0 Å². The van der Waals surface area contributed by atoms with Gasteiger partial charge in [0.05, 0.1) is 5.02 Å². The van der Waals surface area contributed by atoms with Crippen molar-refractivity contribution in [2.45, 2.75) is 18.9 Å². The van der Waals surface area contributed by atoms with E-state index < -0.39 is 23.9 Å². The third kappa shape index (κ3) is 4.10. The van der Waals surface area contributed by atoms with Crippen LogP contribution in [-0.2, 0) is 9.59 Å². The van der Waals surface area contributed by atoms with Crippen LogP contribution in [0.4, 0.5) is 0 Å². The van der Waals surface area contributed by atoms with Crippen LogP contribution >= 0.6 is 11.6 Å². The number of aromatic nitrogens is 1. The molecule has 1 aromatic heterocycles. The number of carbonyl (C=O) groups is 3. The first-order chi connectivity index (χ1) is 8.40. The summed E-state index contributed by atoms with van der Waals surface area (Å²) in [5.41, 5.74) is 0.113. The number of carboxylic acids is 2. The van der Waals surface area contributed by atoms with E-state index in [2.05, 4.69) is 10.3 Å². The summed E-state index contributed by atoms with van der Waals surface area (Å²) in [5.74, 6) is -3.07. The molecule has 0 spiro atoms. The molecule has 1 unspecified atom stereocenters. The monoisotopic (exact) mass is 274 g/mol. The Bertz CT molecular complexity index is 471. The third-order valence-electron chi connectivity index (χ3n) is 2.14. The van der Waals surface area contributed by atoms with Crippen molar-refractivity contribution in [1.82, 2.24) is 10.3 Å². The fourth-order valence-corrected chi connectivity index (χ4v) is 1.42. The minimum absolute atomic E-state index is 0.113. The molecular weight excluding hydrogens is 264 g/mol. The van der Waals surface area contributed by atoms with Gasteiger partial charge in [-0.3, -0.25) is 9.59 Å². The number of aromatic amines is 1. The number of amides is 1. The van der Waals surface area contributed by atoms with E-state index in [9.17, 15) is 14.4 Å². The van der Waals surface area contributed by atoms with Crippen molar-refractivity contribution in [3.63, 3.8) is 0 Å². The average Bonchev–Trinajstić information content (AvgIpc) is 2.70. The molecule has 0 saturated carbocycles. The highest BCUT2D eigenvalue weighted by Gasteiger charge is 2.22. The molecule has 1 atom stereocenters. The minimum atomic E-state index is -1.29. The summed E-state index contributed by atoms with van der Waals surface area (Å²) in [6.07, 6.45) is 0.844. The van der Waals surface area contributed by atoms with E-state index in [0.717, 1.165) is 0 Å². The highest BCUT2D eigenvalue weighted by molar-refractivity contribution is 6.30. The van der Waals surface area contributed by atoms with Gasteiger partial charge in [-0.1, -0.05) is 11.6 Å². The molecule has 7 nitrogen and oxygen atoms in total. The fraction of sp³-hybridized carbons (Fsp3) is 0.300. The molecule has 0 aliphatic carbocycles. The Morgan fingerprint density at radius 1 is 1.39 bits per heavy atom. The molecule has 98 valence electrons. The molecule has 1 amide bonds. The number of H-pyrrole nitrogens is 1. The smallest absolute Gasteiger partial charge is 0.326 e. The normalized spacial score (nSPS) is 11.8. The molecule has 1 aromatic rings. The van der Waals surface area contributed by atoms with Gasteiger partial charge >= 0.3 is 11.9 Å². The van der Waals surface area contributed by atoms with Gasteiger partial charge in [-0.05, 0) is 12.5 Å². The molecule has 0 bridgehead atoms. The number of nitrogens with one attached hydrogen (secondary N) is 2. The Morgan fingerprint density at radius 2 is 2.06 bits per heavy atom. The Labute approximate surface area is 107 Å². The highest BCUT2D eigenvalue weighted by atomic mass is 35.5. The van der Waals surface area contributed by atoms with Gasteiger partial charge in [0.2, 0.25) is 0 Å². The molecule has 0 saturated heterocycles. The van der Waals surface area contributed by atoms with Gasteiger partial charge < -0.3 is 20.5 Å². The largest absolute Gasteiger partial charge is 0.481 e. The van der Waals surface area contributed by atoms with Crippen LogP contribution in [-0.4, -0.2) is 39.1 Å². The molecule has 0 fully saturated rings. The zero-order valence-corrected chi connectivity index (χ0v) is 9.90. The van der Waals surface area contributed by atoms with Crippen molar-refractivity contribution in [1.29, 1.82) is 0 Å². The van der Waals surface area contributed by atoms with Crippen LogP contribution in [0.3, 0.4) is 0 Å². The Morgan fingerprint density at radius 3 is 2.50 bits per heavy atom. The number of halogens is 1. The zero-order valence-electron chi connectivity index (χ0n) is 9.14. The third-order valence-corrected chi connectivity index (χ3v) is 2.36. The topological polar surface area (TPSA) is 119 Å². The zero-order chi connectivity index (χ0) is 13.7. The van der Waals surface area contributed by atoms with Crippen LogP contribution in [0, 0.1) is 0 Å². The van der Waals surface area contributed by atoms with Gasteiger partial charge in [0.15, 0.2) is 0 Å². The van der Waals surface area contributed by atoms with Crippen LogP contribution in [0.2, 0.25) is 5.02 Å². The molecular formula is C10H11ClN2O5. The SMILES string of the molecule is O=C(O)CCC(NC(=O)c1cc(Cl)c[nH]1)C(=O)O. The van der Waals surface area contributed by atoms with E-state index in [4.69, 9.17) is 21.8 Å². The lowest BCUT2D eigenvalue weighted by Crippen LogP contribution is -2.41. The number of hydrogen-bond donors (Lipinski definition) is 4. The molecule has 1 heterocycles. The summed E-state index contributed by atoms with van der Waals surface area (Å²) in [6.45, 7) is 0. The Hall–Kier alpha value is -2.02. The summed E-state index contributed by atoms with van der Waals surface area (Å²) in [7, 11) is 0. The van der Waals surface area contributed by atoms with Crippen LogP contribution in [0.1, 0.15) is 23.3 Å². The van der Waals surface area contributed by atoms with Gasteiger partial charge in [0.1, 0.15) is 11.7 Å². The summed E-state index contributed by atoms with van der Waals surface area (Å²) in [5, 5.41) is 19.8. The number of rotatable bonds is 6. The summed E-state index contributed by atoms with van der Waals surface area (Å²) >= 11 is 5.60. The van der Waals surface area contributed by atoms with Crippen molar-refractivity contribution in [2.75, 3.05) is 0 Å². The van der Waals surface area contributed by atoms with Crippen LogP contribution < -0.4 is 5.32 Å². The maximum absolute atomic E-state index is 11.6. The molecule has 0 radical (unpaired) electrons. The number of aliphatic carboxylic acids is 2. The van der Waals surface area contributed by atoms with Crippen molar-refractivity contribution in [3.8, 4) is 0 Å². The van der Waals surface area contributed by atoms with E-state index in [1.165, 1.54) is 12.3 Å². The number of hydrogen-bond acceptors (Lipinski definition) is 3. The highest BCUT2D eigenvalue weighted by Crippen LogP contribution is 2.09. The second-order valence-electron chi connectivity index (χ2n) is 3.53. The first kappa shape index (κ1) is 14.0. The Kier molecular flexibility index (Phi) is 4.73. The maximum Gasteiger partial charge on any atom is 0.326 e. The lowest BCUT2D eigenvalue weighted by Gasteiger charge is -2.12. The van der Waals surface area contributed by atoms with Crippen molar-refractivity contribution >= 4 is 29.4 Å². The summed E-state index contributed by atoms with van der Waals surface area (Å²) < 4.78 is 0. The fourth-order valence-electron chi connectivity index (χ4n) is 1.26. The number of carbonyl (C=O) groups excluding carboxylic acids is 1. The Balaban J connectivity index is 2.63.